The third-order valence-electron chi connectivity index (χ3n) is 5.14. The largest absolute Gasteiger partial charge is 1.00 e. The molecule has 0 saturated carbocycles. The van der Waals surface area contributed by atoms with Crippen LogP contribution in [-0.4, -0.2) is 60.0 Å². The zero-order valence-corrected chi connectivity index (χ0v) is 19.5. The molecule has 8 heteroatoms. The quantitative estimate of drug-likeness (QED) is 0.483. The van der Waals surface area contributed by atoms with E-state index in [2.05, 4.69) is 26.1 Å². The minimum Gasteiger partial charge on any atom is -1.00 e. The second-order valence-electron chi connectivity index (χ2n) is 7.24. The number of nitrogens with one attached hydrogen (secondary N) is 1. The molecule has 1 fully saturated rings. The van der Waals surface area contributed by atoms with Crippen LogP contribution in [0.4, 0.5) is 0 Å². The molecule has 0 bridgehead atoms. The Hall–Kier alpha value is -2.19. The first-order chi connectivity index (χ1) is 14.7. The van der Waals surface area contributed by atoms with Gasteiger partial charge in [-0.1, -0.05) is 46.3 Å². The van der Waals surface area contributed by atoms with E-state index >= 15 is 0 Å². The maximum Gasteiger partial charge on any atom is 0.255 e. The first-order valence-corrected chi connectivity index (χ1v) is 11.0. The van der Waals surface area contributed by atoms with Gasteiger partial charge in [0.15, 0.2) is 0 Å². The Morgan fingerprint density at radius 2 is 1.77 bits per heavy atom. The normalized spacial score (nSPS) is 14.1. The number of carbonyl (C=O) groups excluding carboxylic acids is 1. The maximum atomic E-state index is 13.0. The number of carbonyl (C=O) groups is 1. The number of ether oxygens (including phenoxy) is 1. The maximum absolute atomic E-state index is 13.0. The summed E-state index contributed by atoms with van der Waals surface area (Å²) in [5.41, 5.74) is 3.08. The van der Waals surface area contributed by atoms with Gasteiger partial charge in [0.25, 0.3) is 5.91 Å². The SMILES string of the molecule is O=C(NCCCN1CCOCC1)c1cn(-c2ccccc2)nc1-c1ccc(Br)cc1.[Cl-]. The van der Waals surface area contributed by atoms with Crippen molar-refractivity contribution < 1.29 is 21.9 Å². The molecule has 0 aliphatic carbocycles. The molecule has 3 aromatic rings. The van der Waals surface area contributed by atoms with Gasteiger partial charge in [0.1, 0.15) is 5.69 Å². The van der Waals surface area contributed by atoms with Gasteiger partial charge in [0, 0.05) is 35.9 Å². The molecule has 6 nitrogen and oxygen atoms in total. The van der Waals surface area contributed by atoms with Crippen molar-refractivity contribution in [1.29, 1.82) is 0 Å². The van der Waals surface area contributed by atoms with Crippen molar-refractivity contribution >= 4 is 21.8 Å². The average molecular weight is 505 g/mol. The molecule has 0 atom stereocenters. The molecular weight excluding hydrogens is 480 g/mol. The summed E-state index contributed by atoms with van der Waals surface area (Å²) in [4.78, 5) is 15.4. The zero-order valence-electron chi connectivity index (χ0n) is 17.1. The van der Waals surface area contributed by atoms with Crippen LogP contribution in [0.5, 0.6) is 0 Å². The van der Waals surface area contributed by atoms with Crippen molar-refractivity contribution in [2.45, 2.75) is 6.42 Å². The summed E-state index contributed by atoms with van der Waals surface area (Å²) < 4.78 is 8.13. The standard InChI is InChI=1S/C23H25BrN4O2.ClH/c24-19-9-7-18(8-10-19)22-21(17-28(26-22)20-5-2-1-3-6-20)23(29)25-11-4-12-27-13-15-30-16-14-27;/h1-3,5-10,17H,4,11-16H2,(H,25,29);1H/p-1. The van der Waals surface area contributed by atoms with Gasteiger partial charge in [0.2, 0.25) is 0 Å². The summed E-state index contributed by atoms with van der Waals surface area (Å²) in [6.45, 7) is 5.11. The number of aromatic nitrogens is 2. The monoisotopic (exact) mass is 503 g/mol. The highest BCUT2D eigenvalue weighted by Crippen LogP contribution is 2.25. The summed E-state index contributed by atoms with van der Waals surface area (Å²) in [5.74, 6) is -0.0999. The minimum atomic E-state index is -0.0999. The molecule has 4 rings (SSSR count). The number of rotatable bonds is 7. The van der Waals surface area contributed by atoms with Gasteiger partial charge in [-0.25, -0.2) is 4.68 Å². The van der Waals surface area contributed by atoms with E-state index in [0.29, 0.717) is 17.8 Å². The van der Waals surface area contributed by atoms with Crippen LogP contribution in [0.2, 0.25) is 0 Å². The second-order valence-corrected chi connectivity index (χ2v) is 8.16. The molecule has 1 amide bonds. The molecule has 0 unspecified atom stereocenters. The van der Waals surface area contributed by atoms with E-state index in [-0.39, 0.29) is 18.3 Å². The highest BCUT2D eigenvalue weighted by molar-refractivity contribution is 9.10. The van der Waals surface area contributed by atoms with Crippen LogP contribution in [0.25, 0.3) is 16.9 Å². The van der Waals surface area contributed by atoms with Crippen LogP contribution < -0.4 is 17.7 Å². The number of nitrogens with zero attached hydrogens (tertiary/aromatic N) is 3. The third-order valence-corrected chi connectivity index (χ3v) is 5.67. The molecule has 1 aliphatic rings. The van der Waals surface area contributed by atoms with Crippen LogP contribution in [0, 0.1) is 0 Å². The lowest BCUT2D eigenvalue weighted by molar-refractivity contribution is -0.0000155. The summed E-state index contributed by atoms with van der Waals surface area (Å²) in [6.07, 6.45) is 2.72. The lowest BCUT2D eigenvalue weighted by atomic mass is 10.1. The van der Waals surface area contributed by atoms with Crippen LogP contribution in [0.15, 0.2) is 65.3 Å². The van der Waals surface area contributed by atoms with E-state index in [9.17, 15) is 4.79 Å². The van der Waals surface area contributed by atoms with Crippen LogP contribution in [0.3, 0.4) is 0 Å². The number of amides is 1. The molecule has 2 aromatic carbocycles. The summed E-state index contributed by atoms with van der Waals surface area (Å²) in [7, 11) is 0. The highest BCUT2D eigenvalue weighted by Gasteiger charge is 2.19. The van der Waals surface area contributed by atoms with Crippen molar-refractivity contribution in [3.8, 4) is 16.9 Å². The second kappa shape index (κ2) is 11.4. The molecule has 0 spiro atoms. The first-order valence-electron chi connectivity index (χ1n) is 10.2. The van der Waals surface area contributed by atoms with E-state index in [1.165, 1.54) is 0 Å². The van der Waals surface area contributed by atoms with Crippen molar-refractivity contribution in [3.63, 3.8) is 0 Å². The fraction of sp³-hybridized carbons (Fsp3) is 0.304. The molecule has 1 aliphatic heterocycles. The van der Waals surface area contributed by atoms with Crippen LogP contribution in [-0.2, 0) is 4.74 Å². The Kier molecular flexibility index (Phi) is 8.66. The summed E-state index contributed by atoms with van der Waals surface area (Å²) in [5, 5.41) is 7.79. The number of para-hydroxylation sites is 1. The summed E-state index contributed by atoms with van der Waals surface area (Å²) >= 11 is 3.47. The van der Waals surface area contributed by atoms with Gasteiger partial charge in [-0.2, -0.15) is 5.10 Å². The Morgan fingerprint density at radius 1 is 1.06 bits per heavy atom. The van der Waals surface area contributed by atoms with Crippen LogP contribution in [0.1, 0.15) is 16.8 Å². The molecular formula is C23H25BrClN4O2-. The molecule has 1 saturated heterocycles. The number of benzene rings is 2. The van der Waals surface area contributed by atoms with Gasteiger partial charge in [-0.3, -0.25) is 9.69 Å². The van der Waals surface area contributed by atoms with E-state index < -0.39 is 0 Å². The highest BCUT2D eigenvalue weighted by atomic mass is 79.9. The van der Waals surface area contributed by atoms with Gasteiger partial charge in [-0.15, -0.1) is 0 Å². The molecule has 164 valence electrons. The van der Waals surface area contributed by atoms with Gasteiger partial charge < -0.3 is 22.5 Å². The topological polar surface area (TPSA) is 59.4 Å². The number of halogens is 2. The minimum absolute atomic E-state index is 0. The van der Waals surface area contributed by atoms with Gasteiger partial charge in [0.05, 0.1) is 24.5 Å². The molecule has 2 heterocycles. The number of morpholine rings is 1. The van der Waals surface area contributed by atoms with Crippen LogP contribution >= 0.6 is 15.9 Å². The zero-order chi connectivity index (χ0) is 20.8. The Bertz CT molecular complexity index is 973. The van der Waals surface area contributed by atoms with E-state index in [0.717, 1.165) is 55.0 Å². The van der Waals surface area contributed by atoms with E-state index in [1.54, 1.807) is 4.68 Å². The molecule has 31 heavy (non-hydrogen) atoms. The van der Waals surface area contributed by atoms with Crippen molar-refractivity contribution in [2.24, 2.45) is 0 Å². The fourth-order valence-electron chi connectivity index (χ4n) is 3.50. The average Bonchev–Trinajstić information content (AvgIpc) is 3.24. The Labute approximate surface area is 197 Å². The van der Waals surface area contributed by atoms with Crippen molar-refractivity contribution in [3.05, 3.63) is 70.8 Å². The van der Waals surface area contributed by atoms with E-state index in [4.69, 9.17) is 9.84 Å². The Morgan fingerprint density at radius 3 is 2.48 bits per heavy atom. The Balaban J connectivity index is 0.00000272. The molecule has 1 aromatic heterocycles. The smallest absolute Gasteiger partial charge is 0.255 e. The van der Waals surface area contributed by atoms with Crippen molar-refractivity contribution in [1.82, 2.24) is 20.0 Å². The predicted octanol–water partition coefficient (Wildman–Crippen LogP) is 0.758. The number of hydrogen-bond acceptors (Lipinski definition) is 4. The lowest BCUT2D eigenvalue weighted by Crippen LogP contribution is -3.00. The van der Waals surface area contributed by atoms with E-state index in [1.807, 2.05) is 60.8 Å². The van der Waals surface area contributed by atoms with Crippen molar-refractivity contribution in [2.75, 3.05) is 39.4 Å². The molecule has 0 radical (unpaired) electrons. The molecule has 1 N–H and O–H groups in total. The fourth-order valence-corrected chi connectivity index (χ4v) is 3.76. The number of hydrogen-bond donors (Lipinski definition) is 1. The summed E-state index contributed by atoms with van der Waals surface area (Å²) in [6, 6.07) is 17.7. The van der Waals surface area contributed by atoms with Gasteiger partial charge in [-0.05, 0) is 37.2 Å². The van der Waals surface area contributed by atoms with Gasteiger partial charge >= 0.3 is 0 Å². The lowest BCUT2D eigenvalue weighted by Gasteiger charge is -2.26. The first kappa shape index (κ1) is 23.5. The predicted molar refractivity (Wildman–Crippen MR) is 121 cm³/mol. The third kappa shape index (κ3) is 6.17.